The van der Waals surface area contributed by atoms with Gasteiger partial charge in [0.2, 0.25) is 0 Å². The highest BCUT2D eigenvalue weighted by Crippen LogP contribution is 2.38. The number of nitrogens with one attached hydrogen (secondary N) is 1. The molecule has 21 heavy (non-hydrogen) atoms. The Morgan fingerprint density at radius 1 is 1.33 bits per heavy atom. The first-order valence-corrected chi connectivity index (χ1v) is 8.91. The quantitative estimate of drug-likeness (QED) is 0.878. The molecule has 114 valence electrons. The van der Waals surface area contributed by atoms with Gasteiger partial charge in [0, 0.05) is 22.0 Å². The molecule has 0 amide bonds. The third-order valence-corrected chi connectivity index (χ3v) is 5.83. The third-order valence-electron chi connectivity index (χ3n) is 4.47. The van der Waals surface area contributed by atoms with Crippen LogP contribution in [0.1, 0.15) is 43.7 Å². The van der Waals surface area contributed by atoms with E-state index in [9.17, 15) is 9.90 Å². The predicted molar refractivity (Wildman–Crippen MR) is 86.1 cm³/mol. The minimum Gasteiger partial charge on any atom is -0.481 e. The molecule has 3 rings (SSSR count). The molecule has 3 nitrogen and oxygen atoms in total. The monoisotopic (exact) mass is 325 g/mol. The van der Waals surface area contributed by atoms with E-state index >= 15 is 0 Å². The highest BCUT2D eigenvalue weighted by atomic mass is 35.5. The Bertz CT molecular complexity index is 537. The van der Waals surface area contributed by atoms with Crippen LogP contribution < -0.4 is 5.32 Å². The second-order valence-electron chi connectivity index (χ2n) is 5.94. The number of hydrogen-bond donors (Lipinski definition) is 2. The van der Waals surface area contributed by atoms with Gasteiger partial charge in [0.15, 0.2) is 0 Å². The average Bonchev–Trinajstić information content (AvgIpc) is 2.48. The summed E-state index contributed by atoms with van der Waals surface area (Å²) in [6, 6.07) is 6.70. The molecular weight excluding hydrogens is 306 g/mol. The number of benzene rings is 1. The van der Waals surface area contributed by atoms with Crippen molar-refractivity contribution in [2.24, 2.45) is 5.92 Å². The zero-order valence-electron chi connectivity index (χ0n) is 11.8. The summed E-state index contributed by atoms with van der Waals surface area (Å²) in [7, 11) is 0. The fourth-order valence-corrected chi connectivity index (χ4v) is 4.67. The lowest BCUT2D eigenvalue weighted by molar-refractivity contribution is -0.143. The normalized spacial score (nSPS) is 28.9. The van der Waals surface area contributed by atoms with E-state index in [4.69, 9.17) is 11.6 Å². The summed E-state index contributed by atoms with van der Waals surface area (Å²) < 4.78 is 0. The Labute approximate surface area is 134 Å². The zero-order chi connectivity index (χ0) is 14.8. The number of aliphatic carboxylic acids is 1. The van der Waals surface area contributed by atoms with Crippen molar-refractivity contribution in [3.63, 3.8) is 0 Å². The Kier molecular flexibility index (Phi) is 4.77. The highest BCUT2D eigenvalue weighted by molar-refractivity contribution is 7.99. The smallest absolute Gasteiger partial charge is 0.306 e. The topological polar surface area (TPSA) is 49.3 Å². The summed E-state index contributed by atoms with van der Waals surface area (Å²) in [6.45, 7) is 0. The molecule has 1 aliphatic carbocycles. The van der Waals surface area contributed by atoms with Crippen LogP contribution in [0.2, 0.25) is 5.02 Å². The lowest BCUT2D eigenvalue weighted by Gasteiger charge is -2.34. The van der Waals surface area contributed by atoms with Gasteiger partial charge in [-0.25, -0.2) is 0 Å². The maximum Gasteiger partial charge on any atom is 0.306 e. The first-order chi connectivity index (χ1) is 10.1. The van der Waals surface area contributed by atoms with E-state index in [-0.39, 0.29) is 5.92 Å². The van der Waals surface area contributed by atoms with Crippen molar-refractivity contribution in [3.05, 3.63) is 28.8 Å². The largest absolute Gasteiger partial charge is 0.481 e. The predicted octanol–water partition coefficient (Wildman–Crippen LogP) is 4.11. The maximum atomic E-state index is 11.2. The van der Waals surface area contributed by atoms with Gasteiger partial charge in [-0.2, -0.15) is 0 Å². The van der Waals surface area contributed by atoms with Crippen LogP contribution in [0, 0.1) is 5.92 Å². The molecule has 1 fully saturated rings. The highest BCUT2D eigenvalue weighted by Gasteiger charge is 2.30. The van der Waals surface area contributed by atoms with Gasteiger partial charge in [0.05, 0.1) is 5.92 Å². The lowest BCUT2D eigenvalue weighted by atomic mass is 9.85. The van der Waals surface area contributed by atoms with Crippen LogP contribution in [0.25, 0.3) is 0 Å². The number of carbonyl (C=O) groups is 1. The molecule has 1 aromatic rings. The molecule has 0 bridgehead atoms. The van der Waals surface area contributed by atoms with E-state index in [0.29, 0.717) is 12.1 Å². The van der Waals surface area contributed by atoms with Crippen molar-refractivity contribution in [1.82, 2.24) is 5.32 Å². The molecule has 3 unspecified atom stereocenters. The minimum atomic E-state index is -0.649. The van der Waals surface area contributed by atoms with Crippen molar-refractivity contribution in [1.29, 1.82) is 0 Å². The lowest BCUT2D eigenvalue weighted by Crippen LogP contribution is -2.39. The summed E-state index contributed by atoms with van der Waals surface area (Å²) in [5, 5.41) is 13.7. The fraction of sp³-hybridized carbons (Fsp3) is 0.562. The molecule has 2 N–H and O–H groups in total. The number of hydrogen-bond acceptors (Lipinski definition) is 3. The molecule has 1 heterocycles. The van der Waals surface area contributed by atoms with Crippen LogP contribution in [-0.4, -0.2) is 22.9 Å². The summed E-state index contributed by atoms with van der Waals surface area (Å²) >= 11 is 8.01. The van der Waals surface area contributed by atoms with E-state index in [0.717, 1.165) is 42.9 Å². The number of thioether (sulfide) groups is 1. The van der Waals surface area contributed by atoms with Gasteiger partial charge in [-0.15, -0.1) is 11.8 Å². The van der Waals surface area contributed by atoms with Crippen LogP contribution >= 0.6 is 23.4 Å². The molecule has 1 saturated carbocycles. The van der Waals surface area contributed by atoms with Crippen molar-refractivity contribution < 1.29 is 9.90 Å². The van der Waals surface area contributed by atoms with Gasteiger partial charge >= 0.3 is 5.97 Å². The molecule has 3 atom stereocenters. The summed E-state index contributed by atoms with van der Waals surface area (Å²) in [5.41, 5.74) is 1.27. The van der Waals surface area contributed by atoms with E-state index in [1.54, 1.807) is 0 Å². The van der Waals surface area contributed by atoms with Gasteiger partial charge in [-0.05, 0) is 55.2 Å². The van der Waals surface area contributed by atoms with Crippen molar-refractivity contribution in [2.75, 3.05) is 5.75 Å². The Morgan fingerprint density at radius 3 is 3.00 bits per heavy atom. The van der Waals surface area contributed by atoms with E-state index < -0.39 is 5.97 Å². The van der Waals surface area contributed by atoms with Gasteiger partial charge in [-0.3, -0.25) is 4.79 Å². The molecule has 1 aromatic carbocycles. The van der Waals surface area contributed by atoms with E-state index in [1.165, 1.54) is 10.5 Å². The Hall–Kier alpha value is -0.710. The second kappa shape index (κ2) is 6.59. The summed E-state index contributed by atoms with van der Waals surface area (Å²) in [4.78, 5) is 12.5. The van der Waals surface area contributed by atoms with Gasteiger partial charge in [0.25, 0.3) is 0 Å². The van der Waals surface area contributed by atoms with Crippen LogP contribution in [0.5, 0.6) is 0 Å². The average molecular weight is 326 g/mol. The van der Waals surface area contributed by atoms with Crippen molar-refractivity contribution in [3.8, 4) is 0 Å². The first kappa shape index (κ1) is 15.2. The summed E-state index contributed by atoms with van der Waals surface area (Å²) in [6.07, 6.45) is 4.71. The number of fused-ring (bicyclic) bond motifs is 1. The number of rotatable bonds is 3. The third kappa shape index (κ3) is 3.55. The molecule has 0 saturated heterocycles. The fourth-order valence-electron chi connectivity index (χ4n) is 3.39. The molecule has 0 radical (unpaired) electrons. The van der Waals surface area contributed by atoms with Gasteiger partial charge in [0.1, 0.15) is 0 Å². The SMILES string of the molecule is O=C(O)C1CCCC(NC2CCSc3ccc(Cl)cc32)C1. The van der Waals surface area contributed by atoms with Crippen molar-refractivity contribution >= 4 is 29.3 Å². The number of halogens is 1. The minimum absolute atomic E-state index is 0.187. The second-order valence-corrected chi connectivity index (χ2v) is 7.51. The molecule has 2 aliphatic rings. The van der Waals surface area contributed by atoms with Gasteiger partial charge < -0.3 is 10.4 Å². The molecule has 1 aliphatic heterocycles. The van der Waals surface area contributed by atoms with E-state index in [1.807, 2.05) is 17.8 Å². The van der Waals surface area contributed by atoms with Crippen molar-refractivity contribution in [2.45, 2.75) is 49.1 Å². The maximum absolute atomic E-state index is 11.2. The van der Waals surface area contributed by atoms with Crippen LogP contribution in [0.15, 0.2) is 23.1 Å². The molecule has 5 heteroatoms. The number of carboxylic acids is 1. The molecule has 0 aromatic heterocycles. The van der Waals surface area contributed by atoms with E-state index in [2.05, 4.69) is 17.4 Å². The molecular formula is C16H20ClNO2S. The standard InChI is InChI=1S/C16H20ClNO2S/c17-11-4-5-15-13(9-11)14(6-7-21-15)18-12-3-1-2-10(8-12)16(19)20/h4-5,9-10,12,14,18H,1-3,6-8H2,(H,19,20). The Balaban J connectivity index is 1.71. The number of carboxylic acid groups (broad SMARTS) is 1. The van der Waals surface area contributed by atoms with Crippen LogP contribution in [-0.2, 0) is 4.79 Å². The van der Waals surface area contributed by atoms with Crippen LogP contribution in [0.3, 0.4) is 0 Å². The summed E-state index contributed by atoms with van der Waals surface area (Å²) in [5.74, 6) is 0.263. The van der Waals surface area contributed by atoms with Gasteiger partial charge in [-0.1, -0.05) is 18.0 Å². The zero-order valence-corrected chi connectivity index (χ0v) is 13.4. The first-order valence-electron chi connectivity index (χ1n) is 7.54. The van der Waals surface area contributed by atoms with Crippen LogP contribution in [0.4, 0.5) is 0 Å². The Morgan fingerprint density at radius 2 is 2.19 bits per heavy atom. The molecule has 0 spiro atoms.